The van der Waals surface area contributed by atoms with Crippen LogP contribution in [0.25, 0.3) is 0 Å². The number of nitrogens with zero attached hydrogens (tertiary/aromatic N) is 4. The van der Waals surface area contributed by atoms with Crippen molar-refractivity contribution in [2.75, 3.05) is 75.8 Å². The van der Waals surface area contributed by atoms with Gasteiger partial charge in [-0.15, -0.1) is 0 Å². The fraction of sp³-hybridized carbons (Fsp3) is 0.435. The van der Waals surface area contributed by atoms with E-state index in [-0.39, 0.29) is 5.91 Å². The second-order valence-corrected chi connectivity index (χ2v) is 7.64. The number of amides is 1. The number of piperazine rings is 2. The van der Waals surface area contributed by atoms with Gasteiger partial charge in [0.25, 0.3) is 0 Å². The molecule has 0 saturated carbocycles. The molecule has 0 spiro atoms. The lowest BCUT2D eigenvalue weighted by molar-refractivity contribution is -0.132. The third kappa shape index (κ3) is 4.65. The fourth-order valence-corrected chi connectivity index (χ4v) is 4.18. The van der Waals surface area contributed by atoms with Gasteiger partial charge in [-0.1, -0.05) is 30.3 Å². The van der Waals surface area contributed by atoms with E-state index >= 15 is 0 Å². The lowest BCUT2D eigenvalue weighted by Gasteiger charge is -2.39. The summed E-state index contributed by atoms with van der Waals surface area (Å²) in [5.41, 5.74) is 2.38. The summed E-state index contributed by atoms with van der Waals surface area (Å²) in [7, 11) is 1.71. The summed E-state index contributed by atoms with van der Waals surface area (Å²) in [5.74, 6) is 1.16. The van der Waals surface area contributed by atoms with Crippen LogP contribution in [0, 0.1) is 0 Å². The second kappa shape index (κ2) is 9.18. The predicted molar refractivity (Wildman–Crippen MR) is 117 cm³/mol. The number of para-hydroxylation sites is 3. The van der Waals surface area contributed by atoms with Crippen molar-refractivity contribution in [2.45, 2.75) is 0 Å². The first-order valence-corrected chi connectivity index (χ1v) is 10.4. The third-order valence-corrected chi connectivity index (χ3v) is 5.91. The van der Waals surface area contributed by atoms with E-state index in [1.54, 1.807) is 7.11 Å². The highest BCUT2D eigenvalue weighted by atomic mass is 16.5. The van der Waals surface area contributed by atoms with Gasteiger partial charge in [0.1, 0.15) is 5.75 Å². The van der Waals surface area contributed by atoms with Gasteiger partial charge in [0.2, 0.25) is 5.91 Å². The molecule has 0 atom stereocenters. The van der Waals surface area contributed by atoms with Gasteiger partial charge in [-0.05, 0) is 24.3 Å². The Morgan fingerprint density at radius 3 is 2.10 bits per heavy atom. The van der Waals surface area contributed by atoms with E-state index in [4.69, 9.17) is 4.74 Å². The highest BCUT2D eigenvalue weighted by Crippen LogP contribution is 2.28. The standard InChI is InChI=1S/C23H30N4O2/c1-29-22-10-6-5-9-21(22)26-13-11-24(12-14-26)19-23(28)27-17-15-25(16-18-27)20-7-3-2-4-8-20/h2-10H,11-19H2,1H3. The molecule has 0 aliphatic carbocycles. The van der Waals surface area contributed by atoms with Crippen LogP contribution in [-0.4, -0.2) is 81.7 Å². The predicted octanol–water partition coefficient (Wildman–Crippen LogP) is 2.17. The molecule has 2 heterocycles. The van der Waals surface area contributed by atoms with Crippen LogP contribution >= 0.6 is 0 Å². The Labute approximate surface area is 173 Å². The average Bonchev–Trinajstić information content (AvgIpc) is 2.80. The van der Waals surface area contributed by atoms with Gasteiger partial charge >= 0.3 is 0 Å². The first-order valence-electron chi connectivity index (χ1n) is 10.4. The van der Waals surface area contributed by atoms with E-state index in [2.05, 4.69) is 45.0 Å². The van der Waals surface area contributed by atoms with Crippen molar-refractivity contribution < 1.29 is 9.53 Å². The molecular formula is C23H30N4O2. The van der Waals surface area contributed by atoms with E-state index in [1.165, 1.54) is 5.69 Å². The van der Waals surface area contributed by atoms with Gasteiger partial charge in [0, 0.05) is 58.0 Å². The molecule has 0 radical (unpaired) electrons. The molecule has 2 saturated heterocycles. The average molecular weight is 395 g/mol. The Morgan fingerprint density at radius 1 is 0.793 bits per heavy atom. The van der Waals surface area contributed by atoms with Crippen LogP contribution in [0.15, 0.2) is 54.6 Å². The van der Waals surface area contributed by atoms with E-state index in [0.717, 1.165) is 63.8 Å². The Balaban J connectivity index is 1.24. The highest BCUT2D eigenvalue weighted by molar-refractivity contribution is 5.78. The molecule has 4 rings (SSSR count). The zero-order chi connectivity index (χ0) is 20.1. The molecule has 0 N–H and O–H groups in total. The van der Waals surface area contributed by atoms with Crippen LogP contribution in [0.1, 0.15) is 0 Å². The smallest absolute Gasteiger partial charge is 0.236 e. The number of rotatable bonds is 5. The largest absolute Gasteiger partial charge is 0.495 e. The Morgan fingerprint density at radius 2 is 1.41 bits per heavy atom. The molecule has 0 bridgehead atoms. The molecule has 6 nitrogen and oxygen atoms in total. The number of carbonyl (C=O) groups is 1. The number of benzene rings is 2. The van der Waals surface area contributed by atoms with Gasteiger partial charge in [-0.3, -0.25) is 9.69 Å². The molecule has 0 aromatic heterocycles. The summed E-state index contributed by atoms with van der Waals surface area (Å²) >= 11 is 0. The van der Waals surface area contributed by atoms with Crippen LogP contribution in [0.3, 0.4) is 0 Å². The van der Waals surface area contributed by atoms with Crippen molar-refractivity contribution in [1.82, 2.24) is 9.80 Å². The van der Waals surface area contributed by atoms with Crippen LogP contribution in [-0.2, 0) is 4.79 Å². The van der Waals surface area contributed by atoms with Crippen LogP contribution < -0.4 is 14.5 Å². The number of carbonyl (C=O) groups excluding carboxylic acids is 1. The second-order valence-electron chi connectivity index (χ2n) is 7.64. The van der Waals surface area contributed by atoms with E-state index in [9.17, 15) is 4.79 Å². The molecule has 2 aliphatic rings. The number of methoxy groups -OCH3 is 1. The molecular weight excluding hydrogens is 364 g/mol. The SMILES string of the molecule is COc1ccccc1N1CCN(CC(=O)N2CCN(c3ccccc3)CC2)CC1. The summed E-state index contributed by atoms with van der Waals surface area (Å²) in [6.07, 6.45) is 0. The van der Waals surface area contributed by atoms with Crippen LogP contribution in [0.4, 0.5) is 11.4 Å². The molecule has 0 unspecified atom stereocenters. The molecule has 154 valence electrons. The zero-order valence-corrected chi connectivity index (χ0v) is 17.2. The molecule has 2 aromatic carbocycles. The van der Waals surface area contributed by atoms with Crippen molar-refractivity contribution in [2.24, 2.45) is 0 Å². The van der Waals surface area contributed by atoms with Crippen molar-refractivity contribution in [3.05, 3.63) is 54.6 Å². The Kier molecular flexibility index (Phi) is 6.20. The van der Waals surface area contributed by atoms with E-state index in [0.29, 0.717) is 6.54 Å². The number of ether oxygens (including phenoxy) is 1. The first kappa shape index (κ1) is 19.6. The maximum absolute atomic E-state index is 12.8. The van der Waals surface area contributed by atoms with Gasteiger partial charge in [0.15, 0.2) is 0 Å². The van der Waals surface area contributed by atoms with Gasteiger partial charge in [-0.2, -0.15) is 0 Å². The minimum atomic E-state index is 0.253. The maximum Gasteiger partial charge on any atom is 0.236 e. The van der Waals surface area contributed by atoms with Crippen LogP contribution in [0.5, 0.6) is 5.75 Å². The van der Waals surface area contributed by atoms with E-state index in [1.807, 2.05) is 29.2 Å². The zero-order valence-electron chi connectivity index (χ0n) is 17.2. The normalized spacial score (nSPS) is 18.0. The first-order chi connectivity index (χ1) is 14.2. The maximum atomic E-state index is 12.8. The Hall–Kier alpha value is -2.73. The molecule has 2 fully saturated rings. The molecule has 2 aliphatic heterocycles. The molecule has 1 amide bonds. The third-order valence-electron chi connectivity index (χ3n) is 5.91. The lowest BCUT2D eigenvalue weighted by Crippen LogP contribution is -2.54. The summed E-state index contributed by atoms with van der Waals surface area (Å²) < 4.78 is 5.49. The Bertz CT molecular complexity index is 798. The molecule has 29 heavy (non-hydrogen) atoms. The molecule has 6 heteroatoms. The summed E-state index contributed by atoms with van der Waals surface area (Å²) in [5, 5.41) is 0. The van der Waals surface area contributed by atoms with Crippen molar-refractivity contribution in [1.29, 1.82) is 0 Å². The van der Waals surface area contributed by atoms with Gasteiger partial charge in [0.05, 0.1) is 19.3 Å². The van der Waals surface area contributed by atoms with Crippen LogP contribution in [0.2, 0.25) is 0 Å². The molecule has 2 aromatic rings. The quantitative estimate of drug-likeness (QED) is 0.777. The monoisotopic (exact) mass is 394 g/mol. The minimum Gasteiger partial charge on any atom is -0.495 e. The van der Waals surface area contributed by atoms with Crippen molar-refractivity contribution in [3.8, 4) is 5.75 Å². The highest BCUT2D eigenvalue weighted by Gasteiger charge is 2.25. The summed E-state index contributed by atoms with van der Waals surface area (Å²) in [6, 6.07) is 18.6. The van der Waals surface area contributed by atoms with Crippen molar-refractivity contribution in [3.63, 3.8) is 0 Å². The number of hydrogen-bond donors (Lipinski definition) is 0. The van der Waals surface area contributed by atoms with E-state index < -0.39 is 0 Å². The number of anilines is 2. The number of hydrogen-bond acceptors (Lipinski definition) is 5. The van der Waals surface area contributed by atoms with Gasteiger partial charge < -0.3 is 19.4 Å². The fourth-order valence-electron chi connectivity index (χ4n) is 4.18. The summed E-state index contributed by atoms with van der Waals surface area (Å²) in [4.78, 5) is 21.8. The minimum absolute atomic E-state index is 0.253. The van der Waals surface area contributed by atoms with Gasteiger partial charge in [-0.25, -0.2) is 0 Å². The lowest BCUT2D eigenvalue weighted by atomic mass is 10.2. The summed E-state index contributed by atoms with van der Waals surface area (Å²) in [6.45, 7) is 7.54. The topological polar surface area (TPSA) is 39.3 Å². The van der Waals surface area contributed by atoms with Crippen molar-refractivity contribution >= 4 is 17.3 Å².